The Balaban J connectivity index is 1.89. The fraction of sp³-hybridized carbons (Fsp3) is 0.762. The average Bonchev–Trinajstić information content (AvgIpc) is 3.55. The first-order valence-corrected chi connectivity index (χ1v) is 14.1. The van der Waals surface area contributed by atoms with Gasteiger partial charge in [-0.25, -0.2) is 14.2 Å². The average molecular weight is 622 g/mol. The second-order valence-electron chi connectivity index (χ2n) is 9.13. The van der Waals surface area contributed by atoms with Crippen molar-refractivity contribution in [3.05, 3.63) is 53.7 Å². The van der Waals surface area contributed by atoms with E-state index in [-0.39, 0.29) is 6.54 Å². The number of hydrogen-bond donors (Lipinski definition) is 0. The number of ether oxygens (including phenoxy) is 5. The first-order valence-electron chi connectivity index (χ1n) is 12.7. The monoisotopic (exact) mass is 622 g/mol. The van der Waals surface area contributed by atoms with Crippen LogP contribution in [0.2, 0.25) is 0 Å². The summed E-state index contributed by atoms with van der Waals surface area (Å²) in [5.74, 6) is 0. The summed E-state index contributed by atoms with van der Waals surface area (Å²) in [4.78, 5) is 48.6. The molecule has 2 aliphatic heterocycles. The maximum absolute atomic E-state index is 13.8. The van der Waals surface area contributed by atoms with E-state index in [0.29, 0.717) is 19.4 Å². The van der Waals surface area contributed by atoms with Gasteiger partial charge in [0.1, 0.15) is 18.8 Å². The molecule has 3 rings (SSSR count). The Morgan fingerprint density at radius 1 is 1.31 bits per heavy atom. The topological polar surface area (TPSA) is 244 Å². The highest BCUT2D eigenvalue weighted by atomic mass is 31.2. The van der Waals surface area contributed by atoms with Crippen LogP contribution in [0.1, 0.15) is 32.9 Å². The number of azide groups is 1. The molecule has 0 bridgehead atoms. The van der Waals surface area contributed by atoms with Crippen molar-refractivity contribution < 1.29 is 51.5 Å². The molecule has 1 aromatic rings. The van der Waals surface area contributed by atoms with Gasteiger partial charge in [0.05, 0.1) is 30.3 Å². The zero-order valence-corrected chi connectivity index (χ0v) is 23.8. The molecule has 0 saturated carbocycles. The Labute approximate surface area is 237 Å². The lowest BCUT2D eigenvalue weighted by molar-refractivity contribution is -0.519. The molecule has 0 aliphatic carbocycles. The fourth-order valence-corrected chi connectivity index (χ4v) is 5.53. The van der Waals surface area contributed by atoms with E-state index in [1.807, 2.05) is 0 Å². The minimum atomic E-state index is -4.53. The molecule has 3 heterocycles. The lowest BCUT2D eigenvalue weighted by atomic mass is 10.1. The molecule has 20 nitrogen and oxygen atoms in total. The zero-order valence-electron chi connectivity index (χ0n) is 22.9. The summed E-state index contributed by atoms with van der Waals surface area (Å²) < 4.78 is 58.9. The van der Waals surface area contributed by atoms with Crippen LogP contribution in [0, 0.1) is 10.1 Å². The van der Waals surface area contributed by atoms with Crippen molar-refractivity contribution in [2.45, 2.75) is 63.6 Å². The van der Waals surface area contributed by atoms with Gasteiger partial charge in [-0.1, -0.05) is 5.11 Å². The van der Waals surface area contributed by atoms with E-state index >= 15 is 0 Å². The zero-order chi connectivity index (χ0) is 30.9. The first-order chi connectivity index (χ1) is 19.9. The molecule has 0 spiro atoms. The Hall–Kier alpha value is -3.35. The molecule has 1 aromatic heterocycles. The van der Waals surface area contributed by atoms with Crippen LogP contribution >= 0.6 is 7.82 Å². The van der Waals surface area contributed by atoms with Crippen LogP contribution in [0.3, 0.4) is 0 Å². The summed E-state index contributed by atoms with van der Waals surface area (Å²) in [6.07, 6.45) is -5.43. The number of aromatic nitrogens is 2. The van der Waals surface area contributed by atoms with Crippen molar-refractivity contribution in [3.8, 4) is 0 Å². The maximum atomic E-state index is 13.8. The van der Waals surface area contributed by atoms with E-state index < -0.39 is 87.0 Å². The number of hydrogen-bond acceptors (Lipinski definition) is 15. The lowest BCUT2D eigenvalue weighted by Crippen LogP contribution is -2.44. The van der Waals surface area contributed by atoms with Crippen molar-refractivity contribution >= 4 is 14.0 Å². The second kappa shape index (κ2) is 15.2. The Morgan fingerprint density at radius 3 is 2.71 bits per heavy atom. The molecule has 2 fully saturated rings. The van der Waals surface area contributed by atoms with Crippen LogP contribution in [-0.4, -0.2) is 84.0 Å². The van der Waals surface area contributed by atoms with Crippen LogP contribution in [0.25, 0.3) is 10.4 Å². The van der Waals surface area contributed by atoms with E-state index in [1.165, 1.54) is 13.2 Å². The normalized spacial score (nSPS) is 25.1. The van der Waals surface area contributed by atoms with Gasteiger partial charge in [-0.05, 0) is 25.8 Å². The molecule has 0 radical (unpaired) electrons. The smallest absolute Gasteiger partial charge is 0.432 e. The molecule has 0 amide bonds. The summed E-state index contributed by atoms with van der Waals surface area (Å²) in [5, 5.41) is 13.8. The van der Waals surface area contributed by atoms with E-state index in [9.17, 15) is 29.1 Å². The van der Waals surface area contributed by atoms with Gasteiger partial charge in [-0.15, -0.1) is 0 Å². The highest BCUT2D eigenvalue weighted by Crippen LogP contribution is 2.54. The van der Waals surface area contributed by atoms with Gasteiger partial charge in [0, 0.05) is 37.3 Å². The SMILES string of the molecule is CC(C)OP(=O)(OCCOC(=O)OC[N+](=O)[O-])OC1[C@@H](CN=[N+]=[N-])O[C@@H](n2ccc(=O)n(C)c2=O)[C@H]1OC1CCCO1. The molecule has 6 atom stereocenters. The van der Waals surface area contributed by atoms with E-state index in [4.69, 9.17) is 33.3 Å². The third kappa shape index (κ3) is 9.07. The molecule has 2 aliphatic rings. The predicted octanol–water partition coefficient (Wildman–Crippen LogP) is 1.60. The first kappa shape index (κ1) is 33.2. The third-order valence-electron chi connectivity index (χ3n) is 5.73. The number of rotatable bonds is 15. The Bertz CT molecular complexity index is 1310. The summed E-state index contributed by atoms with van der Waals surface area (Å²) in [6, 6.07) is 1.14. The summed E-state index contributed by atoms with van der Waals surface area (Å²) in [6.45, 7) is 0.933. The van der Waals surface area contributed by atoms with E-state index in [0.717, 1.165) is 15.2 Å². The van der Waals surface area contributed by atoms with Crippen molar-refractivity contribution in [3.63, 3.8) is 0 Å². The minimum absolute atomic E-state index is 0.351. The van der Waals surface area contributed by atoms with Crippen molar-refractivity contribution in [1.82, 2.24) is 9.13 Å². The van der Waals surface area contributed by atoms with Crippen LogP contribution in [0.5, 0.6) is 0 Å². The Morgan fingerprint density at radius 2 is 2.07 bits per heavy atom. The van der Waals surface area contributed by atoms with Crippen molar-refractivity contribution in [1.29, 1.82) is 0 Å². The van der Waals surface area contributed by atoms with Gasteiger partial charge in [0.15, 0.2) is 12.5 Å². The van der Waals surface area contributed by atoms with Crippen molar-refractivity contribution in [2.75, 3.05) is 33.1 Å². The van der Waals surface area contributed by atoms with Crippen LogP contribution in [0.4, 0.5) is 4.79 Å². The molecular weight excluding hydrogens is 591 g/mol. The minimum Gasteiger partial charge on any atom is -0.432 e. The van der Waals surface area contributed by atoms with Crippen LogP contribution in [0.15, 0.2) is 27.0 Å². The quantitative estimate of drug-likeness (QED) is 0.0310. The number of nitrogens with zero attached hydrogens (tertiary/aromatic N) is 6. The van der Waals surface area contributed by atoms with E-state index in [1.54, 1.807) is 13.8 Å². The molecule has 42 heavy (non-hydrogen) atoms. The van der Waals surface area contributed by atoms with Gasteiger partial charge in [-0.3, -0.25) is 37.6 Å². The molecular formula is C21H31N6O14P. The van der Waals surface area contributed by atoms with Gasteiger partial charge < -0.3 is 23.7 Å². The molecule has 0 N–H and O–H groups in total. The highest BCUT2D eigenvalue weighted by Gasteiger charge is 2.52. The molecule has 2 saturated heterocycles. The molecule has 234 valence electrons. The summed E-state index contributed by atoms with van der Waals surface area (Å²) in [5.41, 5.74) is 7.61. The third-order valence-corrected chi connectivity index (χ3v) is 7.41. The largest absolute Gasteiger partial charge is 0.513 e. The fourth-order valence-electron chi connectivity index (χ4n) is 3.99. The number of carbonyl (C=O) groups is 1. The molecule has 21 heteroatoms. The van der Waals surface area contributed by atoms with Gasteiger partial charge in [0.25, 0.3) is 5.56 Å². The highest BCUT2D eigenvalue weighted by molar-refractivity contribution is 7.48. The predicted molar refractivity (Wildman–Crippen MR) is 137 cm³/mol. The summed E-state index contributed by atoms with van der Waals surface area (Å²) >= 11 is 0. The second-order valence-corrected chi connectivity index (χ2v) is 10.7. The van der Waals surface area contributed by atoms with Crippen LogP contribution in [-0.2, 0) is 48.9 Å². The van der Waals surface area contributed by atoms with E-state index in [2.05, 4.69) is 19.5 Å². The standard InChI is InChI=1S/C21H31N6O14P/c1-13(2)40-42(33,37-10-9-35-21(30)36-12-27(31)32)41-17-14(11-23-24-22)38-19(18(17)39-16-5-4-8-34-16)26-7-6-15(28)25(3)20(26)29/h6-7,13-14,16-19H,4-5,8-12H2,1-3H3/t14-,16?,17?,18+,19-,42?/m1/s1. The molecule has 3 unspecified atom stereocenters. The molecule has 0 aromatic carbocycles. The van der Waals surface area contributed by atoms with Gasteiger partial charge in [-0.2, -0.15) is 0 Å². The maximum Gasteiger partial charge on any atom is 0.513 e. The van der Waals surface area contributed by atoms with Gasteiger partial charge in [0.2, 0.25) is 0 Å². The Kier molecular flexibility index (Phi) is 12.0. The number of nitro groups is 1. The van der Waals surface area contributed by atoms with Crippen molar-refractivity contribution in [2.24, 2.45) is 12.2 Å². The number of carbonyl (C=O) groups excluding carboxylic acids is 1. The number of phosphoric acid groups is 1. The van der Waals surface area contributed by atoms with Crippen LogP contribution < -0.4 is 11.2 Å². The van der Waals surface area contributed by atoms with Gasteiger partial charge >= 0.3 is 26.4 Å². The lowest BCUT2D eigenvalue weighted by Gasteiger charge is -2.30. The number of phosphoric ester groups is 1. The summed E-state index contributed by atoms with van der Waals surface area (Å²) in [7, 11) is -3.26.